The van der Waals surface area contributed by atoms with Gasteiger partial charge in [-0.3, -0.25) is 10.1 Å². The van der Waals surface area contributed by atoms with Crippen LogP contribution in [0.1, 0.15) is 16.9 Å². The summed E-state index contributed by atoms with van der Waals surface area (Å²) >= 11 is 0. The summed E-state index contributed by atoms with van der Waals surface area (Å²) in [7, 11) is 0. The minimum Gasteiger partial charge on any atom is -0.434 e. The van der Waals surface area contributed by atoms with Crippen molar-refractivity contribution in [3.8, 4) is 11.6 Å². The average Bonchev–Trinajstić information content (AvgIpc) is 2.96. The van der Waals surface area contributed by atoms with E-state index in [9.17, 15) is 10.1 Å². The maximum absolute atomic E-state index is 11.5. The van der Waals surface area contributed by atoms with Gasteiger partial charge in [0.15, 0.2) is 5.82 Å². The zero-order valence-electron chi connectivity index (χ0n) is 13.8. The van der Waals surface area contributed by atoms with Gasteiger partial charge in [0, 0.05) is 6.07 Å². The molecule has 2 aromatic heterocycles. The lowest BCUT2D eigenvalue weighted by atomic mass is 10.1. The highest BCUT2D eigenvalue weighted by Crippen LogP contribution is 2.35. The molecule has 0 atom stereocenters. The highest BCUT2D eigenvalue weighted by atomic mass is 16.6. The lowest BCUT2D eigenvalue weighted by Gasteiger charge is -2.09. The summed E-state index contributed by atoms with van der Waals surface area (Å²) < 4.78 is 10.5. The average molecular weight is 341 g/mol. The van der Waals surface area contributed by atoms with E-state index in [0.717, 1.165) is 11.1 Å². The van der Waals surface area contributed by atoms with Crippen molar-refractivity contribution in [2.45, 2.75) is 20.8 Å². The first-order valence-corrected chi connectivity index (χ1v) is 7.39. The molecule has 0 aliphatic heterocycles. The van der Waals surface area contributed by atoms with Crippen molar-refractivity contribution >= 4 is 17.3 Å². The molecular formula is C16H15N5O4. The summed E-state index contributed by atoms with van der Waals surface area (Å²) in [5, 5.41) is 18.0. The third-order valence-corrected chi connectivity index (χ3v) is 3.54. The molecule has 9 heteroatoms. The van der Waals surface area contributed by atoms with Crippen LogP contribution in [0.25, 0.3) is 0 Å². The lowest BCUT2D eigenvalue weighted by molar-refractivity contribution is -0.385. The molecule has 128 valence electrons. The maximum Gasteiger partial charge on any atom is 0.373 e. The number of aromatic nitrogens is 3. The first-order chi connectivity index (χ1) is 11.9. The summed E-state index contributed by atoms with van der Waals surface area (Å²) in [5.74, 6) is 1.12. The van der Waals surface area contributed by atoms with Crippen LogP contribution in [0.4, 0.5) is 17.3 Å². The molecule has 0 bridgehead atoms. The third kappa shape index (κ3) is 3.55. The molecule has 1 N–H and O–H groups in total. The van der Waals surface area contributed by atoms with E-state index < -0.39 is 4.92 Å². The Kier molecular flexibility index (Phi) is 4.29. The molecule has 2 heterocycles. The van der Waals surface area contributed by atoms with E-state index in [4.69, 9.17) is 9.26 Å². The van der Waals surface area contributed by atoms with Crippen LogP contribution in [0.5, 0.6) is 11.6 Å². The van der Waals surface area contributed by atoms with Crippen molar-refractivity contribution in [2.75, 3.05) is 5.32 Å². The number of anilines is 2. The lowest BCUT2D eigenvalue weighted by Crippen LogP contribution is -2.03. The molecule has 1 aromatic carbocycles. The summed E-state index contributed by atoms with van der Waals surface area (Å²) in [6.07, 6.45) is 1.18. The molecule has 3 aromatic rings. The number of aryl methyl sites for hydroxylation is 3. The Hall–Kier alpha value is -3.49. The van der Waals surface area contributed by atoms with Gasteiger partial charge in [-0.15, -0.1) is 0 Å². The summed E-state index contributed by atoms with van der Waals surface area (Å²) in [6, 6.07) is 6.97. The maximum atomic E-state index is 11.5. The number of nitrogens with one attached hydrogen (secondary N) is 1. The molecule has 25 heavy (non-hydrogen) atoms. The second kappa shape index (κ2) is 6.56. The van der Waals surface area contributed by atoms with Crippen LogP contribution in [-0.4, -0.2) is 20.0 Å². The van der Waals surface area contributed by atoms with Crippen LogP contribution in [0.2, 0.25) is 0 Å². The molecule has 0 radical (unpaired) electrons. The van der Waals surface area contributed by atoms with Gasteiger partial charge in [0.1, 0.15) is 17.8 Å². The Labute approximate surface area is 142 Å². The van der Waals surface area contributed by atoms with Crippen LogP contribution < -0.4 is 10.1 Å². The molecule has 0 saturated heterocycles. The predicted molar refractivity (Wildman–Crippen MR) is 89.2 cm³/mol. The zero-order valence-corrected chi connectivity index (χ0v) is 13.8. The largest absolute Gasteiger partial charge is 0.434 e. The van der Waals surface area contributed by atoms with Gasteiger partial charge in [-0.2, -0.15) is 4.98 Å². The fraction of sp³-hybridized carbons (Fsp3) is 0.188. The zero-order chi connectivity index (χ0) is 18.0. The molecule has 0 aliphatic carbocycles. The van der Waals surface area contributed by atoms with Gasteiger partial charge in [0.05, 0.1) is 4.92 Å². The molecule has 9 nitrogen and oxygen atoms in total. The fourth-order valence-electron chi connectivity index (χ4n) is 2.13. The van der Waals surface area contributed by atoms with Crippen LogP contribution in [0.15, 0.2) is 35.1 Å². The van der Waals surface area contributed by atoms with Crippen molar-refractivity contribution in [3.05, 3.63) is 57.6 Å². The second-order valence-corrected chi connectivity index (χ2v) is 5.43. The van der Waals surface area contributed by atoms with Crippen molar-refractivity contribution in [1.29, 1.82) is 0 Å². The number of rotatable bonds is 5. The number of benzene rings is 1. The van der Waals surface area contributed by atoms with Gasteiger partial charge in [0.25, 0.3) is 0 Å². The molecule has 0 saturated carbocycles. The Morgan fingerprint density at radius 3 is 2.60 bits per heavy atom. The predicted octanol–water partition coefficient (Wildman–Crippen LogP) is 3.83. The van der Waals surface area contributed by atoms with Gasteiger partial charge >= 0.3 is 11.6 Å². The van der Waals surface area contributed by atoms with E-state index in [-0.39, 0.29) is 17.4 Å². The number of hydrogen-bond donors (Lipinski definition) is 1. The molecule has 0 amide bonds. The Morgan fingerprint density at radius 2 is 1.96 bits per heavy atom. The summed E-state index contributed by atoms with van der Waals surface area (Å²) in [6.45, 7) is 5.60. The van der Waals surface area contributed by atoms with Gasteiger partial charge in [-0.25, -0.2) is 4.98 Å². The van der Waals surface area contributed by atoms with Crippen LogP contribution in [-0.2, 0) is 0 Å². The van der Waals surface area contributed by atoms with E-state index in [1.165, 1.54) is 6.33 Å². The highest BCUT2D eigenvalue weighted by molar-refractivity contribution is 5.67. The molecule has 0 aliphatic rings. The highest BCUT2D eigenvalue weighted by Gasteiger charge is 2.26. The standard InChI is InChI=1S/C16H15N5O4/c1-9-4-5-12(6-10(9)2)24-16-14(21(22)23)15(17-8-18-16)19-13-7-11(3)25-20-13/h4-8H,1-3H3,(H,17,18,19,20). The monoisotopic (exact) mass is 341 g/mol. The van der Waals surface area contributed by atoms with Crippen LogP contribution >= 0.6 is 0 Å². The normalized spacial score (nSPS) is 10.5. The minimum atomic E-state index is -0.606. The summed E-state index contributed by atoms with van der Waals surface area (Å²) in [5.41, 5.74) is 1.71. The molecular weight excluding hydrogens is 326 g/mol. The third-order valence-electron chi connectivity index (χ3n) is 3.54. The van der Waals surface area contributed by atoms with Crippen molar-refractivity contribution in [3.63, 3.8) is 0 Å². The Morgan fingerprint density at radius 1 is 1.16 bits per heavy atom. The van der Waals surface area contributed by atoms with Crippen LogP contribution in [0, 0.1) is 30.9 Å². The number of nitrogens with zero attached hydrogens (tertiary/aromatic N) is 4. The van der Waals surface area contributed by atoms with Gasteiger partial charge in [-0.1, -0.05) is 11.2 Å². The van der Waals surface area contributed by atoms with Crippen LogP contribution in [0.3, 0.4) is 0 Å². The van der Waals surface area contributed by atoms with E-state index in [0.29, 0.717) is 17.3 Å². The van der Waals surface area contributed by atoms with Crippen molar-refractivity contribution in [1.82, 2.24) is 15.1 Å². The fourth-order valence-corrected chi connectivity index (χ4v) is 2.13. The molecule has 0 spiro atoms. The number of hydrogen-bond acceptors (Lipinski definition) is 8. The molecule has 0 unspecified atom stereocenters. The molecule has 0 fully saturated rings. The van der Waals surface area contributed by atoms with Crippen molar-refractivity contribution < 1.29 is 14.2 Å². The minimum absolute atomic E-state index is 0.0351. The van der Waals surface area contributed by atoms with E-state index in [2.05, 4.69) is 20.4 Å². The van der Waals surface area contributed by atoms with Gasteiger partial charge in [-0.05, 0) is 44.0 Å². The first kappa shape index (κ1) is 16.4. The topological polar surface area (TPSA) is 116 Å². The summed E-state index contributed by atoms with van der Waals surface area (Å²) in [4.78, 5) is 18.7. The van der Waals surface area contributed by atoms with E-state index in [1.807, 2.05) is 19.9 Å². The van der Waals surface area contributed by atoms with E-state index >= 15 is 0 Å². The Bertz CT molecular complexity index is 938. The first-order valence-electron chi connectivity index (χ1n) is 7.39. The number of nitro groups is 1. The second-order valence-electron chi connectivity index (χ2n) is 5.43. The Balaban J connectivity index is 1.97. The molecule has 3 rings (SSSR count). The van der Waals surface area contributed by atoms with E-state index in [1.54, 1.807) is 25.1 Å². The van der Waals surface area contributed by atoms with Gasteiger partial charge < -0.3 is 14.6 Å². The van der Waals surface area contributed by atoms with Crippen molar-refractivity contribution in [2.24, 2.45) is 0 Å². The quantitative estimate of drug-likeness (QED) is 0.549. The van der Waals surface area contributed by atoms with Gasteiger partial charge in [0.2, 0.25) is 5.82 Å². The number of ether oxygens (including phenoxy) is 1. The SMILES string of the molecule is Cc1cc(Nc2ncnc(Oc3ccc(C)c(C)c3)c2[N+](=O)[O-])no1. The smallest absolute Gasteiger partial charge is 0.373 e.